The average molecular weight is 301 g/mol. The minimum Gasteiger partial charge on any atom is -0.256 e. The first kappa shape index (κ1) is 15.4. The largest absolute Gasteiger partial charge is 0.256 e. The van der Waals surface area contributed by atoms with Crippen molar-refractivity contribution in [2.24, 2.45) is 4.99 Å². The Balaban J connectivity index is 2.10. The van der Waals surface area contributed by atoms with Gasteiger partial charge in [-0.05, 0) is 41.8 Å². The molecule has 0 saturated heterocycles. The normalized spacial score (nSPS) is 11.9. The van der Waals surface area contributed by atoms with Crippen molar-refractivity contribution in [3.05, 3.63) is 59.7 Å². The molecule has 0 saturated carbocycles. The van der Waals surface area contributed by atoms with Crippen molar-refractivity contribution in [1.29, 1.82) is 0 Å². The summed E-state index contributed by atoms with van der Waals surface area (Å²) in [5.41, 5.74) is 3.09. The molecule has 0 unspecified atom stereocenters. The minimum absolute atomic E-state index is 0.311. The molecular formula is C17H19NO2S. The van der Waals surface area contributed by atoms with E-state index in [1.165, 1.54) is 11.8 Å². The molecule has 0 aliphatic heterocycles. The zero-order chi connectivity index (χ0) is 15.3. The van der Waals surface area contributed by atoms with E-state index in [9.17, 15) is 8.42 Å². The van der Waals surface area contributed by atoms with Gasteiger partial charge < -0.3 is 0 Å². The molecule has 2 aromatic rings. The van der Waals surface area contributed by atoms with E-state index in [4.69, 9.17) is 0 Å². The van der Waals surface area contributed by atoms with Gasteiger partial charge >= 0.3 is 0 Å². The van der Waals surface area contributed by atoms with Crippen molar-refractivity contribution in [1.82, 2.24) is 0 Å². The second kappa shape index (κ2) is 6.68. The average Bonchev–Trinajstić information content (AvgIpc) is 2.46. The van der Waals surface area contributed by atoms with Crippen LogP contribution < -0.4 is 0 Å². The van der Waals surface area contributed by atoms with Crippen molar-refractivity contribution in [2.75, 3.05) is 6.26 Å². The maximum absolute atomic E-state index is 11.4. The number of sulfone groups is 1. The number of benzene rings is 2. The Bertz CT molecular complexity index is 714. The SMILES string of the molecule is CCCc1ccc(C=Nc2ccc(S(C)(=O)=O)cc2)cc1. The van der Waals surface area contributed by atoms with Gasteiger partial charge in [-0.25, -0.2) is 8.42 Å². The number of rotatable bonds is 5. The molecule has 3 nitrogen and oxygen atoms in total. The highest BCUT2D eigenvalue weighted by molar-refractivity contribution is 7.90. The summed E-state index contributed by atoms with van der Waals surface area (Å²) in [7, 11) is -3.15. The summed E-state index contributed by atoms with van der Waals surface area (Å²) in [6.45, 7) is 2.16. The fraction of sp³-hybridized carbons (Fsp3) is 0.235. The third-order valence-corrected chi connectivity index (χ3v) is 4.27. The molecule has 0 spiro atoms. The van der Waals surface area contributed by atoms with Crippen LogP contribution in [0.2, 0.25) is 0 Å². The number of hydrogen-bond acceptors (Lipinski definition) is 3. The minimum atomic E-state index is -3.15. The first-order valence-corrected chi connectivity index (χ1v) is 8.81. The summed E-state index contributed by atoms with van der Waals surface area (Å²) >= 11 is 0. The molecule has 0 N–H and O–H groups in total. The van der Waals surface area contributed by atoms with Crippen molar-refractivity contribution >= 4 is 21.7 Å². The van der Waals surface area contributed by atoms with Crippen LogP contribution in [0.3, 0.4) is 0 Å². The van der Waals surface area contributed by atoms with E-state index in [0.29, 0.717) is 4.90 Å². The van der Waals surface area contributed by atoms with Gasteiger partial charge in [-0.3, -0.25) is 4.99 Å². The summed E-state index contributed by atoms with van der Waals surface area (Å²) in [6, 6.07) is 14.9. The number of aryl methyl sites for hydroxylation is 1. The number of nitrogens with zero attached hydrogens (tertiary/aromatic N) is 1. The lowest BCUT2D eigenvalue weighted by molar-refractivity contribution is 0.602. The van der Waals surface area contributed by atoms with Crippen LogP contribution in [-0.4, -0.2) is 20.9 Å². The van der Waals surface area contributed by atoms with E-state index >= 15 is 0 Å². The standard InChI is InChI=1S/C17H19NO2S/c1-3-4-14-5-7-15(8-6-14)13-18-16-9-11-17(12-10-16)21(2,19)20/h5-13H,3-4H2,1-2H3. The first-order valence-electron chi connectivity index (χ1n) is 6.92. The smallest absolute Gasteiger partial charge is 0.175 e. The highest BCUT2D eigenvalue weighted by Crippen LogP contribution is 2.16. The zero-order valence-electron chi connectivity index (χ0n) is 12.3. The predicted octanol–water partition coefficient (Wildman–Crippen LogP) is 3.79. The summed E-state index contributed by atoms with van der Waals surface area (Å²) in [4.78, 5) is 4.67. The van der Waals surface area contributed by atoms with Gasteiger partial charge in [0, 0.05) is 12.5 Å². The predicted molar refractivity (Wildman–Crippen MR) is 87.2 cm³/mol. The van der Waals surface area contributed by atoms with E-state index in [2.05, 4.69) is 24.0 Å². The molecule has 0 aliphatic carbocycles. The molecule has 0 heterocycles. The van der Waals surface area contributed by atoms with Gasteiger partial charge in [0.2, 0.25) is 0 Å². The molecule has 0 amide bonds. The third-order valence-electron chi connectivity index (χ3n) is 3.15. The lowest BCUT2D eigenvalue weighted by atomic mass is 10.1. The van der Waals surface area contributed by atoms with E-state index in [1.807, 2.05) is 12.1 Å². The van der Waals surface area contributed by atoms with Gasteiger partial charge in [0.15, 0.2) is 9.84 Å². The first-order chi connectivity index (χ1) is 9.99. The molecule has 2 rings (SSSR count). The van der Waals surface area contributed by atoms with Crippen LogP contribution in [0, 0.1) is 0 Å². The van der Waals surface area contributed by atoms with Crippen molar-refractivity contribution in [3.63, 3.8) is 0 Å². The van der Waals surface area contributed by atoms with Gasteiger partial charge in [0.25, 0.3) is 0 Å². The summed E-state index contributed by atoms with van der Waals surface area (Å²) in [5.74, 6) is 0. The van der Waals surface area contributed by atoms with Gasteiger partial charge in [-0.2, -0.15) is 0 Å². The summed E-state index contributed by atoms with van der Waals surface area (Å²) in [6.07, 6.45) is 5.21. The van der Waals surface area contributed by atoms with Gasteiger partial charge in [-0.15, -0.1) is 0 Å². The van der Waals surface area contributed by atoms with Crippen LogP contribution in [0.15, 0.2) is 58.4 Å². The Hall–Kier alpha value is -1.94. The Kier molecular flexibility index (Phi) is 4.91. The van der Waals surface area contributed by atoms with Crippen LogP contribution >= 0.6 is 0 Å². The van der Waals surface area contributed by atoms with E-state index < -0.39 is 9.84 Å². The van der Waals surface area contributed by atoms with E-state index in [0.717, 1.165) is 24.1 Å². The van der Waals surface area contributed by atoms with Crippen molar-refractivity contribution < 1.29 is 8.42 Å². The Morgan fingerprint density at radius 1 is 1.00 bits per heavy atom. The van der Waals surface area contributed by atoms with Crippen LogP contribution in [-0.2, 0) is 16.3 Å². The van der Waals surface area contributed by atoms with Crippen molar-refractivity contribution in [2.45, 2.75) is 24.7 Å². The molecule has 0 atom stereocenters. The fourth-order valence-electron chi connectivity index (χ4n) is 1.99. The summed E-state index contributed by atoms with van der Waals surface area (Å²) in [5, 5.41) is 0. The van der Waals surface area contributed by atoms with Crippen LogP contribution in [0.4, 0.5) is 5.69 Å². The number of hydrogen-bond donors (Lipinski definition) is 0. The zero-order valence-corrected chi connectivity index (χ0v) is 13.1. The molecule has 110 valence electrons. The van der Waals surface area contributed by atoms with E-state index in [1.54, 1.807) is 30.5 Å². The van der Waals surface area contributed by atoms with E-state index in [-0.39, 0.29) is 0 Å². The molecule has 2 aromatic carbocycles. The highest BCUT2D eigenvalue weighted by Gasteiger charge is 2.05. The quantitative estimate of drug-likeness (QED) is 0.789. The molecule has 0 fully saturated rings. The Morgan fingerprint density at radius 3 is 2.14 bits per heavy atom. The summed E-state index contributed by atoms with van der Waals surface area (Å²) < 4.78 is 22.7. The number of aliphatic imine (C=N–C) groups is 1. The van der Waals surface area contributed by atoms with Gasteiger partial charge in [0.1, 0.15) is 0 Å². The van der Waals surface area contributed by atoms with Gasteiger partial charge in [-0.1, -0.05) is 37.6 Å². The topological polar surface area (TPSA) is 46.5 Å². The molecule has 21 heavy (non-hydrogen) atoms. The Labute approximate surface area is 126 Å². The fourth-order valence-corrected chi connectivity index (χ4v) is 2.62. The third kappa shape index (κ3) is 4.53. The van der Waals surface area contributed by atoms with Crippen LogP contribution in [0.1, 0.15) is 24.5 Å². The second-order valence-electron chi connectivity index (χ2n) is 5.02. The maximum Gasteiger partial charge on any atom is 0.175 e. The van der Waals surface area contributed by atoms with Gasteiger partial charge in [0.05, 0.1) is 10.6 Å². The van der Waals surface area contributed by atoms with Crippen LogP contribution in [0.5, 0.6) is 0 Å². The Morgan fingerprint density at radius 2 is 1.62 bits per heavy atom. The molecule has 0 aromatic heterocycles. The van der Waals surface area contributed by atoms with Crippen LogP contribution in [0.25, 0.3) is 0 Å². The van der Waals surface area contributed by atoms with Crippen molar-refractivity contribution in [3.8, 4) is 0 Å². The lowest BCUT2D eigenvalue weighted by Gasteiger charge is -2.00. The molecule has 0 bridgehead atoms. The molecule has 0 aliphatic rings. The second-order valence-corrected chi connectivity index (χ2v) is 7.03. The highest BCUT2D eigenvalue weighted by atomic mass is 32.2. The monoisotopic (exact) mass is 301 g/mol. The molecule has 0 radical (unpaired) electrons. The lowest BCUT2D eigenvalue weighted by Crippen LogP contribution is -1.95. The molecular weight excluding hydrogens is 282 g/mol. The molecule has 4 heteroatoms. The maximum atomic E-state index is 11.4.